The average molecular weight is 128 g/mol. The lowest BCUT2D eigenvalue weighted by atomic mass is 10.3. The van der Waals surface area contributed by atoms with Crippen LogP contribution in [0.5, 0.6) is 0 Å². The van der Waals surface area contributed by atoms with Crippen molar-refractivity contribution in [3.8, 4) is 0 Å². The summed E-state index contributed by atoms with van der Waals surface area (Å²) in [6.45, 7) is 3.28. The predicted molar refractivity (Wildman–Crippen MR) is 40.9 cm³/mol. The summed E-state index contributed by atoms with van der Waals surface area (Å²) in [6, 6.07) is 0. The first kappa shape index (κ1) is 8.34. The van der Waals surface area contributed by atoms with E-state index in [1.165, 1.54) is 12.8 Å². The second-order valence-corrected chi connectivity index (χ2v) is 2.18. The molecule has 0 aliphatic rings. The van der Waals surface area contributed by atoms with Gasteiger partial charge >= 0.3 is 0 Å². The molecule has 0 bridgehead atoms. The minimum Gasteiger partial charge on any atom is -0.403 e. The number of rotatable bonds is 4. The molecule has 0 spiro atoms. The highest BCUT2D eigenvalue weighted by atomic mass is 15.1. The maximum atomic E-state index is 5.18. The Morgan fingerprint density at radius 1 is 1.56 bits per heavy atom. The molecule has 0 aromatic heterocycles. The number of hydrogen-bond donors (Lipinski definition) is 1. The van der Waals surface area contributed by atoms with Crippen LogP contribution in [0.3, 0.4) is 0 Å². The third-order valence-electron chi connectivity index (χ3n) is 1.20. The molecule has 54 valence electrons. The quantitative estimate of drug-likeness (QED) is 0.615. The van der Waals surface area contributed by atoms with Crippen molar-refractivity contribution in [2.45, 2.75) is 19.8 Å². The summed E-state index contributed by atoms with van der Waals surface area (Å²) in [7, 11) is 2.03. The van der Waals surface area contributed by atoms with Crippen LogP contribution < -0.4 is 5.73 Å². The van der Waals surface area contributed by atoms with Crippen molar-refractivity contribution < 1.29 is 0 Å². The molecule has 0 aromatic carbocycles. The predicted octanol–water partition coefficient (Wildman–Crippen LogP) is 1.15. The molecule has 9 heavy (non-hydrogen) atoms. The Labute approximate surface area is 57.3 Å². The summed E-state index contributed by atoms with van der Waals surface area (Å²) < 4.78 is 0. The Bertz CT molecular complexity index is 79.0. The normalized spacial score (nSPS) is 10.4. The lowest BCUT2D eigenvalue weighted by Crippen LogP contribution is -2.12. The molecule has 0 aromatic rings. The molecule has 2 nitrogen and oxygen atoms in total. The van der Waals surface area contributed by atoms with Gasteiger partial charge in [0.2, 0.25) is 0 Å². The maximum Gasteiger partial charge on any atom is 0.0169 e. The molecule has 2 heteroatoms. The Hall–Kier alpha value is -0.660. The summed E-state index contributed by atoms with van der Waals surface area (Å²) >= 11 is 0. The van der Waals surface area contributed by atoms with Crippen LogP contribution in [0.4, 0.5) is 0 Å². The topological polar surface area (TPSA) is 29.3 Å². The van der Waals surface area contributed by atoms with E-state index in [2.05, 4.69) is 11.8 Å². The van der Waals surface area contributed by atoms with Gasteiger partial charge in [-0.2, -0.15) is 0 Å². The zero-order chi connectivity index (χ0) is 7.11. The van der Waals surface area contributed by atoms with E-state index < -0.39 is 0 Å². The average Bonchev–Trinajstić information content (AvgIpc) is 1.85. The third kappa shape index (κ3) is 5.21. The van der Waals surface area contributed by atoms with Crippen LogP contribution in [0.25, 0.3) is 0 Å². The fourth-order valence-corrected chi connectivity index (χ4v) is 0.629. The van der Waals surface area contributed by atoms with Crippen LogP contribution in [0.2, 0.25) is 0 Å². The summed E-state index contributed by atoms with van der Waals surface area (Å²) in [5, 5.41) is 0. The van der Waals surface area contributed by atoms with Crippen molar-refractivity contribution in [3.63, 3.8) is 0 Å². The van der Waals surface area contributed by atoms with Crippen molar-refractivity contribution in [1.29, 1.82) is 0 Å². The molecule has 0 radical (unpaired) electrons. The van der Waals surface area contributed by atoms with Crippen LogP contribution in [0, 0.1) is 0 Å². The van der Waals surface area contributed by atoms with E-state index in [9.17, 15) is 0 Å². The molecular weight excluding hydrogens is 112 g/mol. The fourth-order valence-electron chi connectivity index (χ4n) is 0.629. The van der Waals surface area contributed by atoms with Crippen LogP contribution in [0.15, 0.2) is 12.4 Å². The van der Waals surface area contributed by atoms with Gasteiger partial charge in [0.25, 0.3) is 0 Å². The van der Waals surface area contributed by atoms with E-state index in [1.54, 1.807) is 6.20 Å². The SMILES string of the molecule is CCCCN(C)/C=C\N. The molecule has 2 N–H and O–H groups in total. The minimum atomic E-state index is 1.10. The van der Waals surface area contributed by atoms with Crippen LogP contribution >= 0.6 is 0 Å². The van der Waals surface area contributed by atoms with Crippen LogP contribution in [-0.4, -0.2) is 18.5 Å². The highest BCUT2D eigenvalue weighted by Gasteiger charge is 1.86. The van der Waals surface area contributed by atoms with Gasteiger partial charge < -0.3 is 10.6 Å². The smallest absolute Gasteiger partial charge is 0.0169 e. The number of nitrogens with zero attached hydrogens (tertiary/aromatic N) is 1. The molecule has 0 aliphatic heterocycles. The largest absolute Gasteiger partial charge is 0.403 e. The highest BCUT2D eigenvalue weighted by molar-refractivity contribution is 4.73. The first-order chi connectivity index (χ1) is 4.31. The van der Waals surface area contributed by atoms with Gasteiger partial charge in [-0.15, -0.1) is 0 Å². The van der Waals surface area contributed by atoms with E-state index in [0.29, 0.717) is 0 Å². The minimum absolute atomic E-state index is 1.10. The van der Waals surface area contributed by atoms with E-state index in [1.807, 2.05) is 13.2 Å². The summed E-state index contributed by atoms with van der Waals surface area (Å²) in [6.07, 6.45) is 5.93. The summed E-state index contributed by atoms with van der Waals surface area (Å²) in [5.41, 5.74) is 5.18. The second-order valence-electron chi connectivity index (χ2n) is 2.18. The lowest BCUT2D eigenvalue weighted by molar-refractivity contribution is 0.440. The van der Waals surface area contributed by atoms with Gasteiger partial charge in [0, 0.05) is 26.0 Å². The molecule has 0 amide bonds. The molecule has 0 atom stereocenters. The standard InChI is InChI=1S/C7H16N2/c1-3-4-6-9(2)7-5-8/h5,7H,3-4,6,8H2,1-2H3/b7-5-. The number of nitrogens with two attached hydrogens (primary N) is 1. The fraction of sp³-hybridized carbons (Fsp3) is 0.714. The first-order valence-corrected chi connectivity index (χ1v) is 3.40. The molecule has 0 unspecified atom stereocenters. The third-order valence-corrected chi connectivity index (χ3v) is 1.20. The first-order valence-electron chi connectivity index (χ1n) is 3.40. The van der Waals surface area contributed by atoms with Gasteiger partial charge in [-0.25, -0.2) is 0 Å². The second kappa shape index (κ2) is 5.48. The number of unbranched alkanes of at least 4 members (excludes halogenated alkanes) is 1. The summed E-state index contributed by atoms with van der Waals surface area (Å²) in [5.74, 6) is 0. The molecule has 0 heterocycles. The van der Waals surface area contributed by atoms with Gasteiger partial charge in [0.1, 0.15) is 0 Å². The van der Waals surface area contributed by atoms with Gasteiger partial charge in [0.15, 0.2) is 0 Å². The lowest BCUT2D eigenvalue weighted by Gasteiger charge is -2.11. The van der Waals surface area contributed by atoms with Gasteiger partial charge in [0.05, 0.1) is 0 Å². The zero-order valence-electron chi connectivity index (χ0n) is 6.30. The highest BCUT2D eigenvalue weighted by Crippen LogP contribution is 1.90. The zero-order valence-corrected chi connectivity index (χ0v) is 6.30. The van der Waals surface area contributed by atoms with Crippen molar-refractivity contribution >= 4 is 0 Å². The van der Waals surface area contributed by atoms with Gasteiger partial charge in [-0.3, -0.25) is 0 Å². The summed E-state index contributed by atoms with van der Waals surface area (Å²) in [4.78, 5) is 2.09. The van der Waals surface area contributed by atoms with E-state index >= 15 is 0 Å². The molecule has 0 saturated heterocycles. The number of hydrogen-bond acceptors (Lipinski definition) is 2. The molecule has 0 saturated carbocycles. The van der Waals surface area contributed by atoms with Crippen molar-refractivity contribution in [3.05, 3.63) is 12.4 Å². The molecular formula is C7H16N2. The molecule has 0 aliphatic carbocycles. The Morgan fingerprint density at radius 3 is 2.67 bits per heavy atom. The molecule has 0 fully saturated rings. The molecule has 0 rings (SSSR count). The van der Waals surface area contributed by atoms with Gasteiger partial charge in [-0.05, 0) is 6.42 Å². The van der Waals surface area contributed by atoms with E-state index in [4.69, 9.17) is 5.73 Å². The van der Waals surface area contributed by atoms with E-state index in [-0.39, 0.29) is 0 Å². The van der Waals surface area contributed by atoms with Crippen LogP contribution in [-0.2, 0) is 0 Å². The van der Waals surface area contributed by atoms with E-state index in [0.717, 1.165) is 6.54 Å². The van der Waals surface area contributed by atoms with Crippen molar-refractivity contribution in [2.24, 2.45) is 5.73 Å². The van der Waals surface area contributed by atoms with Gasteiger partial charge in [-0.1, -0.05) is 13.3 Å². The Balaban J connectivity index is 3.15. The Kier molecular flexibility index (Phi) is 5.07. The Morgan fingerprint density at radius 2 is 2.22 bits per heavy atom. The van der Waals surface area contributed by atoms with Crippen molar-refractivity contribution in [2.75, 3.05) is 13.6 Å². The van der Waals surface area contributed by atoms with Crippen LogP contribution in [0.1, 0.15) is 19.8 Å². The van der Waals surface area contributed by atoms with Crippen molar-refractivity contribution in [1.82, 2.24) is 4.90 Å². The maximum absolute atomic E-state index is 5.18. The monoisotopic (exact) mass is 128 g/mol.